The van der Waals surface area contributed by atoms with Gasteiger partial charge in [0.2, 0.25) is 21.8 Å². The van der Waals surface area contributed by atoms with E-state index in [0.29, 0.717) is 18.7 Å². The molecule has 0 aliphatic heterocycles. The lowest BCUT2D eigenvalue weighted by Gasteiger charge is -2.30. The van der Waals surface area contributed by atoms with Crippen molar-refractivity contribution in [2.24, 2.45) is 0 Å². The lowest BCUT2D eigenvalue weighted by atomic mass is 10.1. The van der Waals surface area contributed by atoms with Crippen LogP contribution in [0.4, 0.5) is 5.69 Å². The second-order valence-corrected chi connectivity index (χ2v) is 12.4. The topological polar surface area (TPSA) is 86.8 Å². The molecule has 1 saturated carbocycles. The molecule has 0 saturated heterocycles. The molecule has 0 radical (unpaired) electrons. The summed E-state index contributed by atoms with van der Waals surface area (Å²) in [5.41, 5.74) is 2.38. The lowest BCUT2D eigenvalue weighted by Crippen LogP contribution is -2.49. The first-order valence-electron chi connectivity index (χ1n) is 12.4. The Morgan fingerprint density at radius 3 is 2.44 bits per heavy atom. The number of hydrogen-bond acceptors (Lipinski definition) is 4. The zero-order valence-electron chi connectivity index (χ0n) is 21.2. The van der Waals surface area contributed by atoms with Crippen LogP contribution in [0.3, 0.4) is 0 Å². The molecule has 2 aromatic rings. The summed E-state index contributed by atoms with van der Waals surface area (Å²) < 4.78 is 27.3. The van der Waals surface area contributed by atoms with Crippen molar-refractivity contribution in [3.63, 3.8) is 0 Å². The summed E-state index contributed by atoms with van der Waals surface area (Å²) in [4.78, 5) is 28.1. The van der Waals surface area contributed by atoms with Crippen LogP contribution in [0.1, 0.15) is 56.6 Å². The zero-order chi connectivity index (χ0) is 26.3. The van der Waals surface area contributed by atoms with E-state index in [4.69, 9.17) is 0 Å². The van der Waals surface area contributed by atoms with Crippen molar-refractivity contribution in [3.8, 4) is 0 Å². The number of amides is 2. The molecule has 0 spiro atoms. The van der Waals surface area contributed by atoms with Crippen molar-refractivity contribution in [2.75, 3.05) is 17.1 Å². The molecule has 0 unspecified atom stereocenters. The molecule has 0 heterocycles. The number of halogens is 1. The largest absolute Gasteiger partial charge is 0.352 e. The van der Waals surface area contributed by atoms with Gasteiger partial charge in [-0.25, -0.2) is 8.42 Å². The first kappa shape index (κ1) is 28.2. The van der Waals surface area contributed by atoms with E-state index < -0.39 is 16.1 Å². The minimum atomic E-state index is -3.52. The molecule has 3 rings (SSSR count). The number of sulfonamides is 1. The molecule has 0 aromatic heterocycles. The molecule has 2 amide bonds. The van der Waals surface area contributed by atoms with E-state index in [1.807, 2.05) is 43.3 Å². The van der Waals surface area contributed by atoms with Gasteiger partial charge in [0, 0.05) is 30.0 Å². The van der Waals surface area contributed by atoms with Gasteiger partial charge in [-0.15, -0.1) is 0 Å². The molecular formula is C27H36BrN3O4S. The number of para-hydroxylation sites is 1. The van der Waals surface area contributed by atoms with Gasteiger partial charge < -0.3 is 10.2 Å². The number of rotatable bonds is 11. The fourth-order valence-corrected chi connectivity index (χ4v) is 6.10. The average molecular weight is 579 g/mol. The SMILES string of the molecule is Cc1ccccc1N(CCCC(=O)N(Cc1cccc(Br)c1)[C@H](C)C(=O)NC1CCCC1)S(C)(=O)=O. The van der Waals surface area contributed by atoms with Gasteiger partial charge in [0.1, 0.15) is 6.04 Å². The van der Waals surface area contributed by atoms with Gasteiger partial charge in [-0.2, -0.15) is 0 Å². The Bertz CT molecular complexity index is 1170. The van der Waals surface area contributed by atoms with Crippen LogP contribution in [0.15, 0.2) is 53.0 Å². The van der Waals surface area contributed by atoms with E-state index in [1.165, 1.54) is 10.6 Å². The maximum Gasteiger partial charge on any atom is 0.242 e. The number of carbonyl (C=O) groups is 2. The molecule has 36 heavy (non-hydrogen) atoms. The van der Waals surface area contributed by atoms with Crippen molar-refractivity contribution in [1.29, 1.82) is 0 Å². The van der Waals surface area contributed by atoms with Crippen molar-refractivity contribution in [3.05, 3.63) is 64.1 Å². The minimum absolute atomic E-state index is 0.132. The maximum absolute atomic E-state index is 13.4. The Kier molecular flexibility index (Phi) is 9.96. The smallest absolute Gasteiger partial charge is 0.242 e. The van der Waals surface area contributed by atoms with Crippen molar-refractivity contribution >= 4 is 43.5 Å². The number of hydrogen-bond donors (Lipinski definition) is 1. The predicted molar refractivity (Wildman–Crippen MR) is 147 cm³/mol. The molecule has 1 N–H and O–H groups in total. The highest BCUT2D eigenvalue weighted by atomic mass is 79.9. The maximum atomic E-state index is 13.4. The summed E-state index contributed by atoms with van der Waals surface area (Å²) in [6, 6.07) is 14.5. The zero-order valence-corrected chi connectivity index (χ0v) is 23.6. The van der Waals surface area contributed by atoms with Crippen LogP contribution in [-0.2, 0) is 26.2 Å². The molecule has 0 bridgehead atoms. The summed E-state index contributed by atoms with van der Waals surface area (Å²) in [6.45, 7) is 4.10. The van der Waals surface area contributed by atoms with Gasteiger partial charge in [-0.3, -0.25) is 13.9 Å². The van der Waals surface area contributed by atoms with E-state index in [-0.39, 0.29) is 30.8 Å². The number of benzene rings is 2. The molecule has 1 fully saturated rings. The Labute approximate surface area is 223 Å². The van der Waals surface area contributed by atoms with Crippen LogP contribution < -0.4 is 9.62 Å². The molecule has 196 valence electrons. The second-order valence-electron chi connectivity index (χ2n) is 9.54. The number of nitrogens with one attached hydrogen (secondary N) is 1. The van der Waals surface area contributed by atoms with Gasteiger partial charge in [0.25, 0.3) is 0 Å². The van der Waals surface area contributed by atoms with Gasteiger partial charge in [0.05, 0.1) is 11.9 Å². The number of anilines is 1. The molecular weight excluding hydrogens is 542 g/mol. The quantitative estimate of drug-likeness (QED) is 0.416. The van der Waals surface area contributed by atoms with E-state index in [9.17, 15) is 18.0 Å². The third kappa shape index (κ3) is 7.80. The first-order chi connectivity index (χ1) is 17.1. The van der Waals surface area contributed by atoms with Crippen LogP contribution in [0.25, 0.3) is 0 Å². The predicted octanol–water partition coefficient (Wildman–Crippen LogP) is 4.78. The molecule has 9 heteroatoms. The van der Waals surface area contributed by atoms with Gasteiger partial charge >= 0.3 is 0 Å². The Hall–Kier alpha value is -2.39. The van der Waals surface area contributed by atoms with Crippen LogP contribution in [0, 0.1) is 6.92 Å². The molecule has 1 atom stereocenters. The van der Waals surface area contributed by atoms with Crippen LogP contribution in [-0.4, -0.2) is 50.0 Å². The van der Waals surface area contributed by atoms with Gasteiger partial charge in [-0.1, -0.05) is 59.1 Å². The average Bonchev–Trinajstić information content (AvgIpc) is 3.33. The number of nitrogens with zero attached hydrogens (tertiary/aromatic N) is 2. The van der Waals surface area contributed by atoms with Crippen LogP contribution in [0.2, 0.25) is 0 Å². The second kappa shape index (κ2) is 12.7. The normalized spacial score (nSPS) is 14.9. The van der Waals surface area contributed by atoms with Gasteiger partial charge in [0.15, 0.2) is 0 Å². The van der Waals surface area contributed by atoms with Crippen molar-refractivity contribution < 1.29 is 18.0 Å². The highest BCUT2D eigenvalue weighted by molar-refractivity contribution is 9.10. The third-order valence-electron chi connectivity index (χ3n) is 6.65. The summed E-state index contributed by atoms with van der Waals surface area (Å²) in [7, 11) is -3.52. The molecule has 1 aliphatic rings. The fourth-order valence-electron chi connectivity index (χ4n) is 4.63. The third-order valence-corrected chi connectivity index (χ3v) is 8.32. The van der Waals surface area contributed by atoms with Gasteiger partial charge in [-0.05, 0) is 62.4 Å². The summed E-state index contributed by atoms with van der Waals surface area (Å²) in [5.74, 6) is -0.329. The first-order valence-corrected chi connectivity index (χ1v) is 15.1. The van der Waals surface area contributed by atoms with Crippen molar-refractivity contribution in [1.82, 2.24) is 10.2 Å². The fraction of sp³-hybridized carbons (Fsp3) is 0.481. The van der Waals surface area contributed by atoms with Crippen molar-refractivity contribution in [2.45, 2.75) is 71.0 Å². The Balaban J connectivity index is 1.72. The minimum Gasteiger partial charge on any atom is -0.352 e. The van der Waals surface area contributed by atoms with Crippen LogP contribution in [0.5, 0.6) is 0 Å². The van der Waals surface area contributed by atoms with E-state index in [0.717, 1.165) is 41.3 Å². The lowest BCUT2D eigenvalue weighted by molar-refractivity contribution is -0.141. The summed E-state index contributed by atoms with van der Waals surface area (Å²) in [6.07, 6.45) is 5.81. The van der Waals surface area contributed by atoms with E-state index in [1.54, 1.807) is 24.0 Å². The highest BCUT2D eigenvalue weighted by Gasteiger charge is 2.29. The molecule has 2 aromatic carbocycles. The summed E-state index contributed by atoms with van der Waals surface area (Å²) in [5, 5.41) is 3.10. The highest BCUT2D eigenvalue weighted by Crippen LogP contribution is 2.23. The molecule has 1 aliphatic carbocycles. The van der Waals surface area contributed by atoms with E-state index in [2.05, 4.69) is 21.2 Å². The standard InChI is InChI=1S/C27H36BrN3O4S/c1-20-10-4-7-15-25(20)31(36(3,34)35)17-9-16-26(32)30(19-22-11-8-12-23(28)18-22)21(2)27(33)29-24-13-5-6-14-24/h4,7-8,10-12,15,18,21,24H,5-6,9,13-14,16-17,19H2,1-3H3,(H,29,33)/t21-/m1/s1. The number of carbonyl (C=O) groups excluding carboxylic acids is 2. The summed E-state index contributed by atoms with van der Waals surface area (Å²) >= 11 is 3.47. The monoisotopic (exact) mass is 577 g/mol. The number of aryl methyl sites for hydroxylation is 1. The Morgan fingerprint density at radius 1 is 1.11 bits per heavy atom. The van der Waals surface area contributed by atoms with Crippen LogP contribution >= 0.6 is 15.9 Å². The molecule has 7 nitrogen and oxygen atoms in total. The van der Waals surface area contributed by atoms with E-state index >= 15 is 0 Å². The Morgan fingerprint density at radius 2 is 1.81 bits per heavy atom.